The van der Waals surface area contributed by atoms with E-state index < -0.39 is 0 Å². The van der Waals surface area contributed by atoms with Crippen molar-refractivity contribution >= 4 is 35.0 Å². The van der Waals surface area contributed by atoms with Crippen LogP contribution in [0.1, 0.15) is 25.7 Å². The van der Waals surface area contributed by atoms with Crippen molar-refractivity contribution in [2.24, 2.45) is 0 Å². The fourth-order valence-electron chi connectivity index (χ4n) is 3.83. The molecule has 0 unspecified atom stereocenters. The van der Waals surface area contributed by atoms with E-state index >= 15 is 0 Å². The zero-order valence-electron chi connectivity index (χ0n) is 16.6. The molecule has 1 aromatic heterocycles. The van der Waals surface area contributed by atoms with Crippen LogP contribution in [0.15, 0.2) is 36.4 Å². The summed E-state index contributed by atoms with van der Waals surface area (Å²) in [5.41, 5.74) is 0.747. The van der Waals surface area contributed by atoms with Crippen LogP contribution in [0.3, 0.4) is 0 Å². The molecular weight excluding hydrogens is 388 g/mol. The van der Waals surface area contributed by atoms with Crippen LogP contribution in [0.5, 0.6) is 0 Å². The quantitative estimate of drug-likeness (QED) is 0.826. The average molecular weight is 415 g/mol. The number of rotatable bonds is 3. The monoisotopic (exact) mass is 414 g/mol. The Hall–Kier alpha value is -2.54. The Balaban J connectivity index is 1.29. The van der Waals surface area contributed by atoms with Crippen molar-refractivity contribution in [3.05, 3.63) is 41.4 Å². The molecule has 0 aliphatic carbocycles. The number of benzene rings is 1. The lowest BCUT2D eigenvalue weighted by Crippen LogP contribution is -2.50. The zero-order valence-corrected chi connectivity index (χ0v) is 17.3. The van der Waals surface area contributed by atoms with Gasteiger partial charge in [0.2, 0.25) is 0 Å². The number of amides is 2. The minimum atomic E-state index is -0.0884. The highest BCUT2D eigenvalue weighted by atomic mass is 35.5. The molecule has 2 aliphatic rings. The van der Waals surface area contributed by atoms with Gasteiger partial charge in [-0.05, 0) is 49.2 Å². The van der Waals surface area contributed by atoms with E-state index in [-0.39, 0.29) is 6.03 Å². The average Bonchev–Trinajstić information content (AvgIpc) is 3.05. The van der Waals surface area contributed by atoms with Crippen molar-refractivity contribution in [3.63, 3.8) is 0 Å². The Morgan fingerprint density at radius 1 is 0.759 bits per heavy atom. The first-order chi connectivity index (χ1) is 14.2. The van der Waals surface area contributed by atoms with Gasteiger partial charge in [0.25, 0.3) is 0 Å². The van der Waals surface area contributed by atoms with Crippen molar-refractivity contribution in [1.82, 2.24) is 15.1 Å². The summed E-state index contributed by atoms with van der Waals surface area (Å²) in [6.07, 6.45) is 5.06. The molecule has 3 heterocycles. The number of piperazine rings is 1. The van der Waals surface area contributed by atoms with Gasteiger partial charge in [-0.15, -0.1) is 10.2 Å². The molecule has 0 bridgehead atoms. The number of hydrogen-bond donors (Lipinski definition) is 1. The van der Waals surface area contributed by atoms with E-state index in [1.54, 1.807) is 24.3 Å². The van der Waals surface area contributed by atoms with Crippen molar-refractivity contribution in [3.8, 4) is 0 Å². The fraction of sp³-hybridized carbons (Fsp3) is 0.476. The predicted molar refractivity (Wildman–Crippen MR) is 117 cm³/mol. The van der Waals surface area contributed by atoms with Gasteiger partial charge in [0, 0.05) is 50.0 Å². The zero-order chi connectivity index (χ0) is 20.1. The molecule has 1 N–H and O–H groups in total. The minimum Gasteiger partial charge on any atom is -0.355 e. The van der Waals surface area contributed by atoms with Crippen LogP contribution in [0.4, 0.5) is 22.1 Å². The molecule has 4 rings (SSSR count). The standard InChI is InChI=1S/C21H27ClN6O/c22-17-5-7-18(8-6-17)23-21(29)28-15-13-27(14-16-28)20-10-9-19(24-25-20)26-11-3-1-2-4-12-26/h5-10H,1-4,11-16H2,(H,23,29). The molecule has 8 heteroatoms. The van der Waals surface area contributed by atoms with Crippen LogP contribution in [0.2, 0.25) is 5.02 Å². The maximum absolute atomic E-state index is 12.5. The van der Waals surface area contributed by atoms with Crippen molar-refractivity contribution in [1.29, 1.82) is 0 Å². The Bertz CT molecular complexity index is 797. The molecular formula is C21H27ClN6O. The van der Waals surface area contributed by atoms with Crippen LogP contribution in [0, 0.1) is 0 Å². The molecule has 2 aliphatic heterocycles. The van der Waals surface area contributed by atoms with Gasteiger partial charge >= 0.3 is 6.03 Å². The molecule has 29 heavy (non-hydrogen) atoms. The summed E-state index contributed by atoms with van der Waals surface area (Å²) in [6.45, 7) is 4.91. The molecule has 0 spiro atoms. The predicted octanol–water partition coefficient (Wildman–Crippen LogP) is 3.86. The molecule has 154 valence electrons. The van der Waals surface area contributed by atoms with Crippen molar-refractivity contribution < 1.29 is 4.79 Å². The molecule has 0 radical (unpaired) electrons. The van der Waals surface area contributed by atoms with E-state index in [4.69, 9.17) is 11.6 Å². The molecule has 7 nitrogen and oxygen atoms in total. The lowest BCUT2D eigenvalue weighted by atomic mass is 10.2. The number of halogens is 1. The normalized spacial score (nSPS) is 17.8. The van der Waals surface area contributed by atoms with E-state index in [1.807, 2.05) is 4.90 Å². The smallest absolute Gasteiger partial charge is 0.321 e. The number of nitrogens with one attached hydrogen (secondary N) is 1. The van der Waals surface area contributed by atoms with Gasteiger partial charge in [0.1, 0.15) is 0 Å². The Morgan fingerprint density at radius 2 is 1.31 bits per heavy atom. The summed E-state index contributed by atoms with van der Waals surface area (Å²) in [5.74, 6) is 1.85. The third-order valence-corrected chi connectivity index (χ3v) is 5.80. The van der Waals surface area contributed by atoms with E-state index in [2.05, 4.69) is 37.4 Å². The number of anilines is 3. The highest BCUT2D eigenvalue weighted by molar-refractivity contribution is 6.30. The summed E-state index contributed by atoms with van der Waals surface area (Å²) < 4.78 is 0. The first kappa shape index (κ1) is 19.8. The minimum absolute atomic E-state index is 0.0884. The van der Waals surface area contributed by atoms with Crippen LogP contribution in [0.25, 0.3) is 0 Å². The molecule has 2 fully saturated rings. The summed E-state index contributed by atoms with van der Waals surface area (Å²) in [7, 11) is 0. The fourth-order valence-corrected chi connectivity index (χ4v) is 3.96. The summed E-state index contributed by atoms with van der Waals surface area (Å²) in [5, 5.41) is 12.5. The van der Waals surface area contributed by atoms with Gasteiger partial charge in [0.15, 0.2) is 11.6 Å². The highest BCUT2D eigenvalue weighted by Crippen LogP contribution is 2.20. The van der Waals surface area contributed by atoms with Crippen LogP contribution < -0.4 is 15.1 Å². The second-order valence-electron chi connectivity index (χ2n) is 7.56. The van der Waals surface area contributed by atoms with Gasteiger partial charge in [-0.25, -0.2) is 4.79 Å². The third kappa shape index (κ3) is 5.09. The Labute approximate surface area is 176 Å². The first-order valence-corrected chi connectivity index (χ1v) is 10.7. The Kier molecular flexibility index (Phi) is 6.34. The molecule has 0 atom stereocenters. The number of urea groups is 1. The van der Waals surface area contributed by atoms with Crippen LogP contribution in [-0.4, -0.2) is 60.4 Å². The van der Waals surface area contributed by atoms with Gasteiger partial charge in [-0.3, -0.25) is 0 Å². The van der Waals surface area contributed by atoms with Crippen LogP contribution >= 0.6 is 11.6 Å². The number of carbonyl (C=O) groups excluding carboxylic acids is 1. The van der Waals surface area contributed by atoms with E-state index in [0.717, 1.165) is 43.5 Å². The van der Waals surface area contributed by atoms with Gasteiger partial charge in [0.05, 0.1) is 0 Å². The molecule has 2 amide bonds. The summed E-state index contributed by atoms with van der Waals surface area (Å²) >= 11 is 5.89. The van der Waals surface area contributed by atoms with E-state index in [9.17, 15) is 4.79 Å². The molecule has 2 aromatic rings. The maximum atomic E-state index is 12.5. The number of nitrogens with zero attached hydrogens (tertiary/aromatic N) is 5. The summed E-state index contributed by atoms with van der Waals surface area (Å²) in [4.78, 5) is 18.8. The highest BCUT2D eigenvalue weighted by Gasteiger charge is 2.22. The maximum Gasteiger partial charge on any atom is 0.321 e. The molecule has 1 aromatic carbocycles. The largest absolute Gasteiger partial charge is 0.355 e. The molecule has 0 saturated carbocycles. The van der Waals surface area contributed by atoms with Crippen LogP contribution in [-0.2, 0) is 0 Å². The first-order valence-electron chi connectivity index (χ1n) is 10.3. The number of hydrogen-bond acceptors (Lipinski definition) is 5. The lowest BCUT2D eigenvalue weighted by Gasteiger charge is -2.35. The van der Waals surface area contributed by atoms with Gasteiger partial charge in [-0.1, -0.05) is 24.4 Å². The second-order valence-corrected chi connectivity index (χ2v) is 8.00. The SMILES string of the molecule is O=C(Nc1ccc(Cl)cc1)N1CCN(c2ccc(N3CCCCCC3)nn2)CC1. The second kappa shape index (κ2) is 9.31. The Morgan fingerprint density at radius 3 is 1.86 bits per heavy atom. The number of aromatic nitrogens is 2. The van der Waals surface area contributed by atoms with Crippen molar-refractivity contribution in [2.45, 2.75) is 25.7 Å². The lowest BCUT2D eigenvalue weighted by molar-refractivity contribution is 0.208. The van der Waals surface area contributed by atoms with Crippen molar-refractivity contribution in [2.75, 3.05) is 54.4 Å². The number of carbonyl (C=O) groups is 1. The topological polar surface area (TPSA) is 64.6 Å². The van der Waals surface area contributed by atoms with Gasteiger partial charge in [-0.2, -0.15) is 0 Å². The van der Waals surface area contributed by atoms with Gasteiger partial charge < -0.3 is 20.0 Å². The van der Waals surface area contributed by atoms with E-state index in [0.29, 0.717) is 18.1 Å². The molecule has 2 saturated heterocycles. The van der Waals surface area contributed by atoms with E-state index in [1.165, 1.54) is 25.7 Å². The summed E-state index contributed by atoms with van der Waals surface area (Å²) in [6, 6.07) is 11.2. The third-order valence-electron chi connectivity index (χ3n) is 5.55.